The predicted octanol–water partition coefficient (Wildman–Crippen LogP) is 1.57. The number of amides is 2. The molecule has 2 saturated heterocycles. The lowest BCUT2D eigenvalue weighted by molar-refractivity contribution is -0.127. The van der Waals surface area contributed by atoms with Gasteiger partial charge < -0.3 is 15.0 Å². The first-order valence-electron chi connectivity index (χ1n) is 9.70. The molecule has 1 unspecified atom stereocenters. The van der Waals surface area contributed by atoms with Crippen LogP contribution in [-0.4, -0.2) is 69.0 Å². The average Bonchev–Trinajstić information content (AvgIpc) is 2.74. The molecule has 0 aromatic heterocycles. The molecule has 0 saturated carbocycles. The summed E-state index contributed by atoms with van der Waals surface area (Å²) in [7, 11) is -2.43. The minimum atomic E-state index is -3.77. The van der Waals surface area contributed by atoms with Crippen molar-refractivity contribution >= 4 is 22.0 Å². The number of nitrogens with one attached hydrogen (secondary N) is 1. The molecular formula is C19H26FN3O5S. The summed E-state index contributed by atoms with van der Waals surface area (Å²) >= 11 is 0. The van der Waals surface area contributed by atoms with E-state index in [1.54, 1.807) is 4.90 Å². The molecule has 2 aliphatic rings. The zero-order valence-corrected chi connectivity index (χ0v) is 17.2. The summed E-state index contributed by atoms with van der Waals surface area (Å²) in [5, 5.41) is 3.00. The van der Waals surface area contributed by atoms with Gasteiger partial charge in [-0.15, -0.1) is 0 Å². The maximum Gasteiger partial charge on any atom is 0.409 e. The van der Waals surface area contributed by atoms with Crippen molar-refractivity contribution in [3.8, 4) is 0 Å². The molecule has 29 heavy (non-hydrogen) atoms. The van der Waals surface area contributed by atoms with E-state index in [1.807, 2.05) is 0 Å². The highest BCUT2D eigenvalue weighted by Gasteiger charge is 2.34. The molecule has 2 heterocycles. The largest absolute Gasteiger partial charge is 0.453 e. The number of likely N-dealkylation sites (tertiary alicyclic amines) is 1. The average molecular weight is 427 g/mol. The molecule has 1 aromatic rings. The molecule has 1 atom stereocenters. The Morgan fingerprint density at radius 2 is 1.76 bits per heavy atom. The van der Waals surface area contributed by atoms with Crippen molar-refractivity contribution in [2.75, 3.05) is 33.3 Å². The Bertz CT molecular complexity index is 838. The van der Waals surface area contributed by atoms with Gasteiger partial charge in [-0.05, 0) is 49.9 Å². The second-order valence-electron chi connectivity index (χ2n) is 7.40. The van der Waals surface area contributed by atoms with E-state index in [0.29, 0.717) is 45.3 Å². The number of hydrogen-bond acceptors (Lipinski definition) is 5. The number of carbonyl (C=O) groups is 2. The number of halogens is 1. The molecule has 2 amide bonds. The van der Waals surface area contributed by atoms with Gasteiger partial charge in [0.15, 0.2) is 0 Å². The molecule has 0 radical (unpaired) electrons. The van der Waals surface area contributed by atoms with Crippen LogP contribution >= 0.6 is 0 Å². The van der Waals surface area contributed by atoms with E-state index in [2.05, 4.69) is 5.32 Å². The Balaban J connectivity index is 1.57. The van der Waals surface area contributed by atoms with Crippen molar-refractivity contribution in [2.24, 2.45) is 5.92 Å². The Hall–Kier alpha value is -2.20. The second-order valence-corrected chi connectivity index (χ2v) is 9.33. The molecule has 0 spiro atoms. The quantitative estimate of drug-likeness (QED) is 0.787. The van der Waals surface area contributed by atoms with Gasteiger partial charge in [-0.1, -0.05) is 0 Å². The van der Waals surface area contributed by atoms with Gasteiger partial charge in [0.25, 0.3) is 0 Å². The highest BCUT2D eigenvalue weighted by Crippen LogP contribution is 2.24. The summed E-state index contributed by atoms with van der Waals surface area (Å²) in [5.74, 6) is -1.10. The standard InChI is InChI=1S/C19H26FN3O5S/c1-28-19(25)22-11-8-16(9-12-22)21-18(24)14-3-2-10-23(13-14)29(26,27)17-6-4-15(20)5-7-17/h4-7,14,16H,2-3,8-13H2,1H3,(H,21,24). The van der Waals surface area contributed by atoms with Gasteiger partial charge in [0.1, 0.15) is 5.82 Å². The summed E-state index contributed by atoms with van der Waals surface area (Å²) in [6.45, 7) is 1.45. The summed E-state index contributed by atoms with van der Waals surface area (Å²) < 4.78 is 44.7. The fourth-order valence-electron chi connectivity index (χ4n) is 3.78. The zero-order chi connectivity index (χ0) is 21.0. The van der Waals surface area contributed by atoms with Crippen LogP contribution in [0.4, 0.5) is 9.18 Å². The molecule has 0 bridgehead atoms. The summed E-state index contributed by atoms with van der Waals surface area (Å²) in [4.78, 5) is 25.9. The first kappa shape index (κ1) is 21.5. The number of ether oxygens (including phenoxy) is 1. The van der Waals surface area contributed by atoms with E-state index in [-0.39, 0.29) is 29.5 Å². The lowest BCUT2D eigenvalue weighted by Gasteiger charge is -2.34. The van der Waals surface area contributed by atoms with Gasteiger partial charge in [0, 0.05) is 32.2 Å². The van der Waals surface area contributed by atoms with Gasteiger partial charge >= 0.3 is 6.09 Å². The first-order chi connectivity index (χ1) is 13.8. The third kappa shape index (κ3) is 5.05. The molecule has 3 rings (SSSR count). The number of carbonyl (C=O) groups excluding carboxylic acids is 2. The number of benzene rings is 1. The van der Waals surface area contributed by atoms with Crippen molar-refractivity contribution < 1.29 is 27.1 Å². The van der Waals surface area contributed by atoms with E-state index >= 15 is 0 Å². The lowest BCUT2D eigenvalue weighted by Crippen LogP contribution is -2.50. The fourth-order valence-corrected chi connectivity index (χ4v) is 5.31. The van der Waals surface area contributed by atoms with Crippen molar-refractivity contribution in [1.29, 1.82) is 0 Å². The Morgan fingerprint density at radius 3 is 2.38 bits per heavy atom. The third-order valence-corrected chi connectivity index (χ3v) is 7.36. The normalized spacial score (nSPS) is 21.6. The summed E-state index contributed by atoms with van der Waals surface area (Å²) in [6.07, 6.45) is 2.08. The first-order valence-corrected chi connectivity index (χ1v) is 11.1. The predicted molar refractivity (Wildman–Crippen MR) is 103 cm³/mol. The van der Waals surface area contributed by atoms with Crippen LogP contribution in [0.5, 0.6) is 0 Å². The van der Waals surface area contributed by atoms with Gasteiger partial charge in [0.05, 0.1) is 17.9 Å². The van der Waals surface area contributed by atoms with E-state index in [1.165, 1.54) is 23.5 Å². The molecule has 160 valence electrons. The minimum absolute atomic E-state index is 0.0233. The smallest absolute Gasteiger partial charge is 0.409 e. The highest BCUT2D eigenvalue weighted by atomic mass is 32.2. The molecule has 8 nitrogen and oxygen atoms in total. The second kappa shape index (κ2) is 9.08. The maximum absolute atomic E-state index is 13.1. The SMILES string of the molecule is COC(=O)N1CCC(NC(=O)C2CCCN(S(=O)(=O)c3ccc(F)cc3)C2)CC1. The van der Waals surface area contributed by atoms with Crippen LogP contribution in [0.25, 0.3) is 0 Å². The summed E-state index contributed by atoms with van der Waals surface area (Å²) in [5.41, 5.74) is 0. The third-order valence-electron chi connectivity index (χ3n) is 5.48. The van der Waals surface area contributed by atoms with Crippen LogP contribution in [0.2, 0.25) is 0 Å². The van der Waals surface area contributed by atoms with Crippen LogP contribution in [0.15, 0.2) is 29.2 Å². The number of sulfonamides is 1. The molecule has 10 heteroatoms. The number of rotatable bonds is 4. The topological polar surface area (TPSA) is 96.0 Å². The molecule has 1 aromatic carbocycles. The Labute approximate surface area is 170 Å². The highest BCUT2D eigenvalue weighted by molar-refractivity contribution is 7.89. The van der Waals surface area contributed by atoms with Crippen molar-refractivity contribution in [2.45, 2.75) is 36.6 Å². The van der Waals surface area contributed by atoms with Crippen LogP contribution in [0.1, 0.15) is 25.7 Å². The summed E-state index contributed by atoms with van der Waals surface area (Å²) in [6, 6.07) is 4.66. The van der Waals surface area contributed by atoms with Crippen LogP contribution in [0.3, 0.4) is 0 Å². The number of piperidine rings is 2. The monoisotopic (exact) mass is 427 g/mol. The van der Waals surface area contributed by atoms with Crippen LogP contribution in [-0.2, 0) is 19.6 Å². The van der Waals surface area contributed by atoms with Gasteiger partial charge in [-0.2, -0.15) is 4.31 Å². The van der Waals surface area contributed by atoms with Crippen molar-refractivity contribution in [3.05, 3.63) is 30.1 Å². The molecule has 2 aliphatic heterocycles. The Kier molecular flexibility index (Phi) is 6.74. The van der Waals surface area contributed by atoms with Gasteiger partial charge in [-0.25, -0.2) is 17.6 Å². The van der Waals surface area contributed by atoms with E-state index in [0.717, 1.165) is 12.1 Å². The molecule has 1 N–H and O–H groups in total. The van der Waals surface area contributed by atoms with Crippen LogP contribution in [0, 0.1) is 11.7 Å². The molecule has 2 fully saturated rings. The van der Waals surface area contributed by atoms with E-state index < -0.39 is 21.8 Å². The molecular weight excluding hydrogens is 401 g/mol. The zero-order valence-electron chi connectivity index (χ0n) is 16.3. The Morgan fingerprint density at radius 1 is 1.10 bits per heavy atom. The van der Waals surface area contributed by atoms with E-state index in [9.17, 15) is 22.4 Å². The fraction of sp³-hybridized carbons (Fsp3) is 0.579. The number of methoxy groups -OCH3 is 1. The number of hydrogen-bond donors (Lipinski definition) is 1. The molecule has 0 aliphatic carbocycles. The van der Waals surface area contributed by atoms with Crippen molar-refractivity contribution in [3.63, 3.8) is 0 Å². The van der Waals surface area contributed by atoms with Crippen molar-refractivity contribution in [1.82, 2.24) is 14.5 Å². The van der Waals surface area contributed by atoms with E-state index in [4.69, 9.17) is 4.74 Å². The number of nitrogens with zero attached hydrogens (tertiary/aromatic N) is 2. The van der Waals surface area contributed by atoms with Crippen LogP contribution < -0.4 is 5.32 Å². The minimum Gasteiger partial charge on any atom is -0.453 e. The maximum atomic E-state index is 13.1. The van der Waals surface area contributed by atoms with Gasteiger partial charge in [0.2, 0.25) is 15.9 Å². The van der Waals surface area contributed by atoms with Gasteiger partial charge in [-0.3, -0.25) is 4.79 Å². The lowest BCUT2D eigenvalue weighted by atomic mass is 9.97.